The first-order valence-corrected chi connectivity index (χ1v) is 10.1. The minimum Gasteiger partial charge on any atom is -0.342 e. The Kier molecular flexibility index (Phi) is 5.40. The van der Waals surface area contributed by atoms with Gasteiger partial charge >= 0.3 is 0 Å². The summed E-state index contributed by atoms with van der Waals surface area (Å²) >= 11 is 7.49. The van der Waals surface area contributed by atoms with Crippen LogP contribution in [0.15, 0.2) is 24.3 Å². The lowest BCUT2D eigenvalue weighted by Crippen LogP contribution is -2.44. The van der Waals surface area contributed by atoms with Gasteiger partial charge in [0.2, 0.25) is 11.8 Å². The minimum absolute atomic E-state index is 0.0552. The summed E-state index contributed by atoms with van der Waals surface area (Å²) in [6.07, 6.45) is 4.42. The monoisotopic (exact) mass is 366 g/mol. The molecule has 2 aliphatic rings. The van der Waals surface area contributed by atoms with E-state index in [-0.39, 0.29) is 17.2 Å². The zero-order chi connectivity index (χ0) is 17.2. The lowest BCUT2D eigenvalue weighted by atomic mass is 9.77. The Morgan fingerprint density at radius 1 is 1.25 bits per heavy atom. The summed E-state index contributed by atoms with van der Waals surface area (Å²) in [4.78, 5) is 28.4. The minimum atomic E-state index is 0.0552. The van der Waals surface area contributed by atoms with E-state index in [1.54, 1.807) is 11.8 Å². The summed E-state index contributed by atoms with van der Waals surface area (Å²) < 4.78 is 0. The molecule has 0 radical (unpaired) electrons. The maximum Gasteiger partial charge on any atom is 0.232 e. The highest BCUT2D eigenvalue weighted by Gasteiger charge is 2.45. The average Bonchev–Trinajstić information content (AvgIpc) is 2.86. The first-order chi connectivity index (χ1) is 11.5. The molecule has 2 amide bonds. The maximum absolute atomic E-state index is 12.5. The molecule has 0 atom stereocenters. The molecule has 2 saturated heterocycles. The van der Waals surface area contributed by atoms with Gasteiger partial charge in [-0.3, -0.25) is 9.59 Å². The number of amides is 2. The van der Waals surface area contributed by atoms with Gasteiger partial charge in [0.15, 0.2) is 0 Å². The molecule has 0 N–H and O–H groups in total. The zero-order valence-corrected chi connectivity index (χ0v) is 15.5. The standard InChI is InChI=1S/C18H23ClN2O2S/c1-24-12-17(23)20-8-6-18(7-9-20)10-16(22)21(13-18)11-14-2-4-15(19)5-3-14/h2-5H,6-13H2,1H3. The molecular formula is C18H23ClN2O2S. The van der Waals surface area contributed by atoms with E-state index in [9.17, 15) is 9.59 Å². The summed E-state index contributed by atoms with van der Waals surface area (Å²) in [6, 6.07) is 7.68. The Bertz CT molecular complexity index is 612. The molecule has 1 spiro atoms. The van der Waals surface area contributed by atoms with Gasteiger partial charge in [0.05, 0.1) is 5.75 Å². The summed E-state index contributed by atoms with van der Waals surface area (Å²) in [5.41, 5.74) is 1.16. The van der Waals surface area contributed by atoms with E-state index in [1.807, 2.05) is 40.3 Å². The van der Waals surface area contributed by atoms with Crippen molar-refractivity contribution < 1.29 is 9.59 Å². The van der Waals surface area contributed by atoms with Crippen LogP contribution in [0.1, 0.15) is 24.8 Å². The Labute approximate surface area is 152 Å². The number of halogens is 1. The number of piperidine rings is 1. The van der Waals surface area contributed by atoms with Gasteiger partial charge in [-0.25, -0.2) is 0 Å². The van der Waals surface area contributed by atoms with E-state index < -0.39 is 0 Å². The number of carbonyl (C=O) groups is 2. The van der Waals surface area contributed by atoms with Crippen LogP contribution in [0.25, 0.3) is 0 Å². The quantitative estimate of drug-likeness (QED) is 0.822. The van der Waals surface area contributed by atoms with Crippen LogP contribution in [-0.2, 0) is 16.1 Å². The van der Waals surface area contributed by atoms with Gasteiger partial charge in [-0.15, -0.1) is 0 Å². The van der Waals surface area contributed by atoms with Gasteiger partial charge < -0.3 is 9.80 Å². The molecular weight excluding hydrogens is 344 g/mol. The fourth-order valence-corrected chi connectivity index (χ4v) is 4.27. The smallest absolute Gasteiger partial charge is 0.232 e. The lowest BCUT2D eigenvalue weighted by Gasteiger charge is -2.38. The third-order valence-corrected chi connectivity index (χ3v) is 5.92. The van der Waals surface area contributed by atoms with Crippen molar-refractivity contribution >= 4 is 35.2 Å². The predicted molar refractivity (Wildman–Crippen MR) is 98.1 cm³/mol. The topological polar surface area (TPSA) is 40.6 Å². The molecule has 0 saturated carbocycles. The molecule has 2 fully saturated rings. The first-order valence-electron chi connectivity index (χ1n) is 8.30. The van der Waals surface area contributed by atoms with E-state index >= 15 is 0 Å². The van der Waals surface area contributed by atoms with Gasteiger partial charge in [-0.2, -0.15) is 11.8 Å². The van der Waals surface area contributed by atoms with Crippen LogP contribution in [0.2, 0.25) is 5.02 Å². The zero-order valence-electron chi connectivity index (χ0n) is 14.0. The Balaban J connectivity index is 1.58. The lowest BCUT2D eigenvalue weighted by molar-refractivity contribution is -0.130. The highest BCUT2D eigenvalue weighted by atomic mass is 35.5. The van der Waals surface area contributed by atoms with Crippen LogP contribution < -0.4 is 0 Å². The van der Waals surface area contributed by atoms with Gasteiger partial charge in [0, 0.05) is 43.0 Å². The van der Waals surface area contributed by atoms with Crippen LogP contribution in [0.5, 0.6) is 0 Å². The summed E-state index contributed by atoms with van der Waals surface area (Å²) in [6.45, 7) is 3.01. The number of rotatable bonds is 4. The molecule has 0 bridgehead atoms. The average molecular weight is 367 g/mol. The van der Waals surface area contributed by atoms with E-state index in [0.717, 1.165) is 38.0 Å². The second-order valence-corrected chi connectivity index (χ2v) is 8.17. The summed E-state index contributed by atoms with van der Waals surface area (Å²) in [5.74, 6) is 1.00. The van der Waals surface area contributed by atoms with Gasteiger partial charge in [0.25, 0.3) is 0 Å². The summed E-state index contributed by atoms with van der Waals surface area (Å²) in [5, 5.41) is 0.713. The van der Waals surface area contributed by atoms with Crippen LogP contribution in [0.3, 0.4) is 0 Å². The Morgan fingerprint density at radius 3 is 2.54 bits per heavy atom. The molecule has 4 nitrogen and oxygen atoms in total. The van der Waals surface area contributed by atoms with E-state index in [4.69, 9.17) is 11.6 Å². The maximum atomic E-state index is 12.5. The molecule has 2 heterocycles. The van der Waals surface area contributed by atoms with Crippen molar-refractivity contribution in [1.29, 1.82) is 0 Å². The molecule has 1 aromatic rings. The highest BCUT2D eigenvalue weighted by Crippen LogP contribution is 2.41. The van der Waals surface area contributed by atoms with Crippen molar-refractivity contribution in [1.82, 2.24) is 9.80 Å². The highest BCUT2D eigenvalue weighted by molar-refractivity contribution is 7.99. The number of benzene rings is 1. The van der Waals surface area contributed by atoms with Gasteiger partial charge in [-0.1, -0.05) is 23.7 Å². The number of likely N-dealkylation sites (tertiary alicyclic amines) is 2. The fraction of sp³-hybridized carbons (Fsp3) is 0.556. The van der Waals surface area contributed by atoms with Crippen LogP contribution >= 0.6 is 23.4 Å². The number of thioether (sulfide) groups is 1. The molecule has 6 heteroatoms. The fourth-order valence-electron chi connectivity index (χ4n) is 3.72. The van der Waals surface area contributed by atoms with Crippen molar-refractivity contribution in [2.24, 2.45) is 5.41 Å². The number of hydrogen-bond donors (Lipinski definition) is 0. The first kappa shape index (κ1) is 17.6. The van der Waals surface area contributed by atoms with Crippen molar-refractivity contribution in [3.05, 3.63) is 34.9 Å². The van der Waals surface area contributed by atoms with Crippen LogP contribution in [-0.4, -0.2) is 53.3 Å². The van der Waals surface area contributed by atoms with E-state index in [1.165, 1.54) is 0 Å². The van der Waals surface area contributed by atoms with Crippen molar-refractivity contribution in [2.75, 3.05) is 31.6 Å². The molecule has 130 valence electrons. The third-order valence-electron chi connectivity index (χ3n) is 5.14. The second-order valence-electron chi connectivity index (χ2n) is 6.87. The molecule has 3 rings (SSSR count). The number of nitrogens with zero attached hydrogens (tertiary/aromatic N) is 2. The Hall–Kier alpha value is -1.20. The Morgan fingerprint density at radius 2 is 1.92 bits per heavy atom. The van der Waals surface area contributed by atoms with E-state index in [2.05, 4.69) is 0 Å². The number of carbonyl (C=O) groups excluding carboxylic acids is 2. The van der Waals surface area contributed by atoms with Crippen LogP contribution in [0.4, 0.5) is 0 Å². The third kappa shape index (κ3) is 3.89. The normalized spacial score (nSPS) is 20.0. The van der Waals surface area contributed by atoms with Crippen LogP contribution in [0, 0.1) is 5.41 Å². The predicted octanol–water partition coefficient (Wildman–Crippen LogP) is 3.04. The van der Waals surface area contributed by atoms with E-state index in [0.29, 0.717) is 23.7 Å². The van der Waals surface area contributed by atoms with Crippen molar-refractivity contribution in [2.45, 2.75) is 25.8 Å². The largest absolute Gasteiger partial charge is 0.342 e. The molecule has 1 aromatic carbocycles. The molecule has 24 heavy (non-hydrogen) atoms. The molecule has 0 aliphatic carbocycles. The molecule has 0 unspecified atom stereocenters. The second kappa shape index (κ2) is 7.36. The summed E-state index contributed by atoms with van der Waals surface area (Å²) in [7, 11) is 0. The molecule has 2 aliphatic heterocycles. The number of hydrogen-bond acceptors (Lipinski definition) is 3. The van der Waals surface area contributed by atoms with Crippen molar-refractivity contribution in [3.8, 4) is 0 Å². The van der Waals surface area contributed by atoms with Gasteiger partial charge in [0.1, 0.15) is 0 Å². The van der Waals surface area contributed by atoms with Gasteiger partial charge in [-0.05, 0) is 36.8 Å². The molecule has 0 aromatic heterocycles. The van der Waals surface area contributed by atoms with Crippen molar-refractivity contribution in [3.63, 3.8) is 0 Å². The SMILES string of the molecule is CSCC(=O)N1CCC2(CC1)CC(=O)N(Cc1ccc(Cl)cc1)C2.